The third-order valence-corrected chi connectivity index (χ3v) is 2.93. The van der Waals surface area contributed by atoms with Crippen LogP contribution >= 0.6 is 11.6 Å². The van der Waals surface area contributed by atoms with Crippen LogP contribution in [0.15, 0.2) is 18.2 Å². The Morgan fingerprint density at radius 1 is 1.53 bits per heavy atom. The number of aliphatic hydroxyl groups excluding tert-OH is 1. The van der Waals surface area contributed by atoms with E-state index < -0.39 is 4.92 Å². The molecule has 104 valence electrons. The minimum Gasteiger partial charge on any atom is -0.395 e. The molecule has 0 aromatic heterocycles. The van der Waals surface area contributed by atoms with Gasteiger partial charge in [0.2, 0.25) is 0 Å². The van der Waals surface area contributed by atoms with Crippen LogP contribution in [0.4, 0.5) is 5.69 Å². The second kappa shape index (κ2) is 6.49. The summed E-state index contributed by atoms with van der Waals surface area (Å²) in [5.41, 5.74) is 0.0224. The number of non-ortho nitro benzene ring substituents is 1. The summed E-state index contributed by atoms with van der Waals surface area (Å²) >= 11 is 5.90. The summed E-state index contributed by atoms with van der Waals surface area (Å²) in [6.45, 7) is 3.65. The third kappa shape index (κ3) is 3.65. The molecular formula is C12H15ClN2O4. The Hall–Kier alpha value is -1.66. The van der Waals surface area contributed by atoms with Gasteiger partial charge in [-0.25, -0.2) is 0 Å². The van der Waals surface area contributed by atoms with Crippen molar-refractivity contribution >= 4 is 23.2 Å². The number of nitro benzene ring substituents is 1. The number of halogens is 1. The average molecular weight is 287 g/mol. The lowest BCUT2D eigenvalue weighted by Crippen LogP contribution is -2.39. The van der Waals surface area contributed by atoms with Crippen LogP contribution in [-0.4, -0.2) is 40.0 Å². The van der Waals surface area contributed by atoms with Crippen LogP contribution in [0.25, 0.3) is 0 Å². The monoisotopic (exact) mass is 286 g/mol. The molecule has 0 aliphatic rings. The molecule has 6 nitrogen and oxygen atoms in total. The first kappa shape index (κ1) is 15.4. The maximum Gasteiger partial charge on any atom is 0.270 e. The first-order valence-corrected chi connectivity index (χ1v) is 6.12. The lowest BCUT2D eigenvalue weighted by atomic mass is 10.1. The molecular weight excluding hydrogens is 272 g/mol. The van der Waals surface area contributed by atoms with Crippen molar-refractivity contribution < 1.29 is 14.8 Å². The van der Waals surface area contributed by atoms with Crippen LogP contribution < -0.4 is 0 Å². The van der Waals surface area contributed by atoms with Crippen LogP contribution in [0.5, 0.6) is 0 Å². The normalized spacial score (nSPS) is 10.6. The number of carbonyl (C=O) groups excluding carboxylic acids is 1. The Labute approximate surface area is 115 Å². The molecule has 1 rings (SSSR count). The van der Waals surface area contributed by atoms with E-state index in [-0.39, 0.29) is 41.4 Å². The van der Waals surface area contributed by atoms with Gasteiger partial charge in [0.1, 0.15) is 0 Å². The molecule has 0 saturated carbocycles. The van der Waals surface area contributed by atoms with E-state index in [0.29, 0.717) is 0 Å². The van der Waals surface area contributed by atoms with Crippen LogP contribution in [0.2, 0.25) is 5.02 Å². The predicted octanol–water partition coefficient (Wildman–Crippen LogP) is 2.09. The molecule has 1 aromatic carbocycles. The fraction of sp³-hybridized carbons (Fsp3) is 0.417. The van der Waals surface area contributed by atoms with E-state index in [4.69, 9.17) is 16.7 Å². The molecule has 0 unspecified atom stereocenters. The van der Waals surface area contributed by atoms with Crippen LogP contribution in [-0.2, 0) is 0 Å². The minimum absolute atomic E-state index is 0.0304. The number of benzene rings is 1. The molecule has 1 N–H and O–H groups in total. The van der Waals surface area contributed by atoms with Crippen molar-refractivity contribution in [1.82, 2.24) is 4.90 Å². The zero-order valence-corrected chi connectivity index (χ0v) is 11.4. The van der Waals surface area contributed by atoms with Gasteiger partial charge in [0.25, 0.3) is 11.6 Å². The van der Waals surface area contributed by atoms with E-state index >= 15 is 0 Å². The fourth-order valence-corrected chi connectivity index (χ4v) is 1.90. The predicted molar refractivity (Wildman–Crippen MR) is 71.4 cm³/mol. The number of nitro groups is 1. The van der Waals surface area contributed by atoms with E-state index in [0.717, 1.165) is 6.07 Å². The number of rotatable bonds is 5. The van der Waals surface area contributed by atoms with Crippen molar-refractivity contribution in [3.63, 3.8) is 0 Å². The number of nitrogens with zero attached hydrogens (tertiary/aromatic N) is 2. The molecule has 7 heteroatoms. The Morgan fingerprint density at radius 2 is 2.16 bits per heavy atom. The topological polar surface area (TPSA) is 83.7 Å². The van der Waals surface area contributed by atoms with Crippen molar-refractivity contribution in [2.24, 2.45) is 0 Å². The van der Waals surface area contributed by atoms with E-state index in [1.165, 1.54) is 17.0 Å². The molecule has 0 fully saturated rings. The number of aliphatic hydroxyl groups is 1. The quantitative estimate of drug-likeness (QED) is 0.663. The maximum atomic E-state index is 12.2. The zero-order valence-electron chi connectivity index (χ0n) is 10.7. The first-order valence-electron chi connectivity index (χ1n) is 5.74. The molecule has 0 aliphatic carbocycles. The third-order valence-electron chi connectivity index (χ3n) is 2.62. The highest BCUT2D eigenvalue weighted by Crippen LogP contribution is 2.24. The van der Waals surface area contributed by atoms with Gasteiger partial charge >= 0.3 is 0 Å². The summed E-state index contributed by atoms with van der Waals surface area (Å²) in [6, 6.07) is 3.60. The standard InChI is InChI=1S/C12H15ClN2O4/c1-8(2)14(5-6-16)12(17)10-4-3-9(15(18)19)7-11(10)13/h3-4,7-8,16H,5-6H2,1-2H3. The van der Waals surface area contributed by atoms with E-state index in [1.807, 2.05) is 13.8 Å². The maximum absolute atomic E-state index is 12.2. The lowest BCUT2D eigenvalue weighted by molar-refractivity contribution is -0.384. The molecule has 0 radical (unpaired) electrons. The average Bonchev–Trinajstić information content (AvgIpc) is 2.34. The van der Waals surface area contributed by atoms with Crippen molar-refractivity contribution in [3.05, 3.63) is 38.9 Å². The van der Waals surface area contributed by atoms with Crippen molar-refractivity contribution in [3.8, 4) is 0 Å². The SMILES string of the molecule is CC(C)N(CCO)C(=O)c1ccc([N+](=O)[O-])cc1Cl. The molecule has 19 heavy (non-hydrogen) atoms. The van der Waals surface area contributed by atoms with Crippen molar-refractivity contribution in [1.29, 1.82) is 0 Å². The van der Waals surface area contributed by atoms with Gasteiger partial charge in [-0.15, -0.1) is 0 Å². The minimum atomic E-state index is -0.575. The first-order chi connectivity index (χ1) is 8.88. The van der Waals surface area contributed by atoms with E-state index in [2.05, 4.69) is 0 Å². The number of carbonyl (C=O) groups is 1. The highest BCUT2D eigenvalue weighted by molar-refractivity contribution is 6.34. The largest absolute Gasteiger partial charge is 0.395 e. The fourth-order valence-electron chi connectivity index (χ4n) is 1.65. The number of hydrogen-bond acceptors (Lipinski definition) is 4. The number of hydrogen-bond donors (Lipinski definition) is 1. The Bertz CT molecular complexity index is 491. The highest BCUT2D eigenvalue weighted by atomic mass is 35.5. The molecule has 0 bridgehead atoms. The molecule has 0 heterocycles. The van der Waals surface area contributed by atoms with Crippen LogP contribution in [0.3, 0.4) is 0 Å². The van der Waals surface area contributed by atoms with Gasteiger partial charge in [-0.1, -0.05) is 11.6 Å². The summed E-state index contributed by atoms with van der Waals surface area (Å²) in [4.78, 5) is 23.7. The Morgan fingerprint density at radius 3 is 2.58 bits per heavy atom. The molecule has 0 atom stereocenters. The Balaban J connectivity index is 3.08. The molecule has 0 aliphatic heterocycles. The van der Waals surface area contributed by atoms with E-state index in [9.17, 15) is 14.9 Å². The molecule has 1 amide bonds. The number of amides is 1. The van der Waals surface area contributed by atoms with E-state index in [1.54, 1.807) is 0 Å². The smallest absolute Gasteiger partial charge is 0.270 e. The van der Waals surface area contributed by atoms with Crippen LogP contribution in [0, 0.1) is 10.1 Å². The van der Waals surface area contributed by atoms with Gasteiger partial charge in [-0.3, -0.25) is 14.9 Å². The van der Waals surface area contributed by atoms with Crippen LogP contribution in [0.1, 0.15) is 24.2 Å². The second-order valence-electron chi connectivity index (χ2n) is 4.24. The van der Waals surface area contributed by atoms with Crippen molar-refractivity contribution in [2.45, 2.75) is 19.9 Å². The van der Waals surface area contributed by atoms with Gasteiger partial charge in [-0.2, -0.15) is 0 Å². The zero-order chi connectivity index (χ0) is 14.6. The summed E-state index contributed by atoms with van der Waals surface area (Å²) in [7, 11) is 0. The van der Waals surface area contributed by atoms with Crippen molar-refractivity contribution in [2.75, 3.05) is 13.2 Å². The summed E-state index contributed by atoms with van der Waals surface area (Å²) in [5.74, 6) is -0.357. The molecule has 0 spiro atoms. The van der Waals surface area contributed by atoms with Gasteiger partial charge in [-0.05, 0) is 19.9 Å². The van der Waals surface area contributed by atoms with Gasteiger partial charge in [0.15, 0.2) is 0 Å². The second-order valence-corrected chi connectivity index (χ2v) is 4.64. The Kier molecular flexibility index (Phi) is 5.26. The summed E-state index contributed by atoms with van der Waals surface area (Å²) in [6.07, 6.45) is 0. The highest BCUT2D eigenvalue weighted by Gasteiger charge is 2.22. The van der Waals surface area contributed by atoms with Gasteiger partial charge in [0.05, 0.1) is 22.1 Å². The summed E-state index contributed by atoms with van der Waals surface area (Å²) < 4.78 is 0. The lowest BCUT2D eigenvalue weighted by Gasteiger charge is -2.26. The molecule has 0 saturated heterocycles. The van der Waals surface area contributed by atoms with Gasteiger partial charge in [0, 0.05) is 24.7 Å². The van der Waals surface area contributed by atoms with Gasteiger partial charge < -0.3 is 10.0 Å². The summed E-state index contributed by atoms with van der Waals surface area (Å²) in [5, 5.41) is 19.6. The molecule has 1 aromatic rings.